The predicted octanol–water partition coefficient (Wildman–Crippen LogP) is 2.15. The maximum absolute atomic E-state index is 5.62. The Kier molecular flexibility index (Phi) is 1.82. The Balaban J connectivity index is 2.50. The van der Waals surface area contributed by atoms with E-state index in [0.29, 0.717) is 4.47 Å². The molecular weight excluding hydrogens is 198 g/mol. The Bertz CT molecular complexity index is 397. The van der Waals surface area contributed by atoms with E-state index in [1.807, 2.05) is 6.92 Å². The summed E-state index contributed by atoms with van der Waals surface area (Å²) in [4.78, 5) is 0. The second-order valence-corrected chi connectivity index (χ2v) is 3.72. The molecule has 2 heterocycles. The molecule has 0 aliphatic carbocycles. The van der Waals surface area contributed by atoms with Gasteiger partial charge in [0, 0.05) is 0 Å². The summed E-state index contributed by atoms with van der Waals surface area (Å²) in [5.41, 5.74) is 0.847. The minimum absolute atomic E-state index is 0.422. The Morgan fingerprint density at radius 1 is 1.50 bits per heavy atom. The number of hydrogen-bond acceptors (Lipinski definition) is 5. The van der Waals surface area contributed by atoms with Gasteiger partial charge in [-0.2, -0.15) is 0 Å². The fourth-order valence-electron chi connectivity index (χ4n) is 0.818. The van der Waals surface area contributed by atoms with E-state index >= 15 is 0 Å². The van der Waals surface area contributed by atoms with E-state index in [9.17, 15) is 0 Å². The zero-order valence-corrected chi connectivity index (χ0v) is 7.69. The normalized spacial score (nSPS) is 10.5. The zero-order valence-electron chi connectivity index (χ0n) is 6.11. The molecule has 0 aliphatic rings. The van der Waals surface area contributed by atoms with Crippen LogP contribution in [0.4, 0.5) is 0 Å². The van der Waals surface area contributed by atoms with Crippen LogP contribution in [0.5, 0.6) is 0 Å². The van der Waals surface area contributed by atoms with Crippen LogP contribution in [0.2, 0.25) is 4.47 Å². The van der Waals surface area contributed by atoms with Gasteiger partial charge in [-0.25, -0.2) is 0 Å². The molecule has 0 fully saturated rings. The number of hydrogen-bond donors (Lipinski definition) is 0. The lowest BCUT2D eigenvalue weighted by Gasteiger charge is -1.85. The Labute approximate surface area is 77.2 Å². The first-order chi connectivity index (χ1) is 5.77. The van der Waals surface area contributed by atoms with Crippen molar-refractivity contribution < 1.29 is 4.52 Å². The molecule has 0 saturated heterocycles. The smallest absolute Gasteiger partial charge is 0.207 e. The van der Waals surface area contributed by atoms with E-state index in [-0.39, 0.29) is 0 Å². The average Bonchev–Trinajstić information content (AvgIpc) is 2.58. The van der Waals surface area contributed by atoms with Crippen molar-refractivity contribution >= 4 is 22.9 Å². The molecule has 2 rings (SSSR count). The molecule has 0 amide bonds. The van der Waals surface area contributed by atoms with Crippen molar-refractivity contribution in [2.75, 3.05) is 0 Å². The van der Waals surface area contributed by atoms with Crippen LogP contribution >= 0.6 is 22.9 Å². The van der Waals surface area contributed by atoms with Gasteiger partial charge in [-0.05, 0) is 18.5 Å². The highest BCUT2D eigenvalue weighted by Crippen LogP contribution is 2.27. The third-order valence-electron chi connectivity index (χ3n) is 1.38. The summed E-state index contributed by atoms with van der Waals surface area (Å²) in [6, 6.07) is 0. The summed E-state index contributed by atoms with van der Waals surface area (Å²) < 4.78 is 5.30. The van der Waals surface area contributed by atoms with Crippen molar-refractivity contribution in [1.29, 1.82) is 0 Å². The van der Waals surface area contributed by atoms with Gasteiger partial charge in [-0.3, -0.25) is 0 Å². The highest BCUT2D eigenvalue weighted by atomic mass is 35.5. The number of halogens is 1. The van der Waals surface area contributed by atoms with Crippen molar-refractivity contribution in [2.45, 2.75) is 6.92 Å². The molecule has 2 aromatic rings. The van der Waals surface area contributed by atoms with E-state index < -0.39 is 0 Å². The molecule has 4 nitrogen and oxygen atoms in total. The van der Waals surface area contributed by atoms with Crippen molar-refractivity contribution in [3.63, 3.8) is 0 Å². The molecule has 12 heavy (non-hydrogen) atoms. The number of aryl methyl sites for hydroxylation is 1. The van der Waals surface area contributed by atoms with E-state index in [1.54, 1.807) is 6.20 Å². The lowest BCUT2D eigenvalue weighted by Crippen LogP contribution is -1.75. The second kappa shape index (κ2) is 2.84. The molecule has 2 aromatic heterocycles. The summed E-state index contributed by atoms with van der Waals surface area (Å²) in [5, 5.41) is 11.9. The molecule has 0 saturated carbocycles. The highest BCUT2D eigenvalue weighted by Gasteiger charge is 2.10. The van der Waals surface area contributed by atoms with E-state index in [2.05, 4.69) is 15.4 Å². The Hall–Kier alpha value is -0.940. The molecule has 0 atom stereocenters. The monoisotopic (exact) mass is 201 g/mol. The number of rotatable bonds is 1. The molecule has 62 valence electrons. The first-order valence-electron chi connectivity index (χ1n) is 3.18. The third kappa shape index (κ3) is 1.21. The van der Waals surface area contributed by atoms with E-state index in [4.69, 9.17) is 16.1 Å². The Morgan fingerprint density at radius 2 is 2.33 bits per heavy atom. The van der Waals surface area contributed by atoms with Gasteiger partial charge in [0.15, 0.2) is 5.01 Å². The maximum Gasteiger partial charge on any atom is 0.207 e. The van der Waals surface area contributed by atoms with Gasteiger partial charge in [-0.1, -0.05) is 16.5 Å². The lowest BCUT2D eigenvalue weighted by atomic mass is 10.3. The quantitative estimate of drug-likeness (QED) is 0.710. The lowest BCUT2D eigenvalue weighted by molar-refractivity contribution is 0.398. The van der Waals surface area contributed by atoms with Crippen LogP contribution in [-0.2, 0) is 0 Å². The molecule has 0 aromatic carbocycles. The average molecular weight is 202 g/mol. The summed E-state index contributed by atoms with van der Waals surface area (Å²) in [5.74, 6) is 0.725. The molecule has 0 spiro atoms. The van der Waals surface area contributed by atoms with Crippen LogP contribution in [0.1, 0.15) is 5.76 Å². The zero-order chi connectivity index (χ0) is 8.55. The first kappa shape index (κ1) is 7.70. The molecule has 6 heteroatoms. The van der Waals surface area contributed by atoms with Crippen LogP contribution in [0.25, 0.3) is 10.6 Å². The summed E-state index contributed by atoms with van der Waals surface area (Å²) in [6.07, 6.45) is 1.60. The highest BCUT2D eigenvalue weighted by molar-refractivity contribution is 7.18. The molecular formula is C6H4ClN3OS. The largest absolute Gasteiger partial charge is 0.361 e. The topological polar surface area (TPSA) is 51.8 Å². The van der Waals surface area contributed by atoms with Crippen LogP contribution < -0.4 is 0 Å². The summed E-state index contributed by atoms with van der Waals surface area (Å²) in [6.45, 7) is 1.82. The molecule has 0 N–H and O–H groups in total. The van der Waals surface area contributed by atoms with Crippen LogP contribution in [0.15, 0.2) is 10.7 Å². The van der Waals surface area contributed by atoms with Crippen molar-refractivity contribution in [3.05, 3.63) is 16.4 Å². The Morgan fingerprint density at radius 3 is 2.83 bits per heavy atom. The summed E-state index contributed by atoms with van der Waals surface area (Å²) in [7, 11) is 0. The fourth-order valence-corrected chi connectivity index (χ4v) is 1.70. The van der Waals surface area contributed by atoms with Gasteiger partial charge < -0.3 is 4.52 Å². The minimum Gasteiger partial charge on any atom is -0.361 e. The van der Waals surface area contributed by atoms with Crippen molar-refractivity contribution in [2.24, 2.45) is 0 Å². The van der Waals surface area contributed by atoms with Gasteiger partial charge in [0.05, 0.1) is 11.8 Å². The second-order valence-electron chi connectivity index (χ2n) is 2.16. The van der Waals surface area contributed by atoms with Gasteiger partial charge in [0.2, 0.25) is 4.47 Å². The van der Waals surface area contributed by atoms with E-state index in [0.717, 1.165) is 16.3 Å². The molecule has 0 bridgehead atoms. The maximum atomic E-state index is 5.62. The van der Waals surface area contributed by atoms with Gasteiger partial charge >= 0.3 is 0 Å². The van der Waals surface area contributed by atoms with Crippen LogP contribution in [0.3, 0.4) is 0 Å². The number of aromatic nitrogens is 3. The molecule has 0 radical (unpaired) electrons. The van der Waals surface area contributed by atoms with Crippen molar-refractivity contribution in [1.82, 2.24) is 15.4 Å². The minimum atomic E-state index is 0.422. The van der Waals surface area contributed by atoms with Gasteiger partial charge in [0.1, 0.15) is 5.76 Å². The standard InChI is InChI=1S/C6H4ClN3OS/c1-3-4(2-8-11-3)5-9-10-6(7)12-5/h2H,1H3. The third-order valence-corrected chi connectivity index (χ3v) is 2.43. The molecule has 0 unspecified atom stereocenters. The predicted molar refractivity (Wildman–Crippen MR) is 45.2 cm³/mol. The van der Waals surface area contributed by atoms with Crippen LogP contribution in [0, 0.1) is 6.92 Å². The first-order valence-corrected chi connectivity index (χ1v) is 4.37. The summed E-state index contributed by atoms with van der Waals surface area (Å²) >= 11 is 6.93. The fraction of sp³-hybridized carbons (Fsp3) is 0.167. The molecule has 0 aliphatic heterocycles. The van der Waals surface area contributed by atoms with E-state index in [1.165, 1.54) is 11.3 Å². The van der Waals surface area contributed by atoms with Gasteiger partial charge in [-0.15, -0.1) is 10.2 Å². The number of nitrogens with zero attached hydrogens (tertiary/aromatic N) is 3. The van der Waals surface area contributed by atoms with Crippen molar-refractivity contribution in [3.8, 4) is 10.6 Å². The van der Waals surface area contributed by atoms with Gasteiger partial charge in [0.25, 0.3) is 0 Å². The van der Waals surface area contributed by atoms with Crippen LogP contribution in [-0.4, -0.2) is 15.4 Å². The SMILES string of the molecule is Cc1oncc1-c1nnc(Cl)s1.